The van der Waals surface area contributed by atoms with Gasteiger partial charge in [-0.2, -0.15) is 0 Å². The Morgan fingerprint density at radius 2 is 2.12 bits per heavy atom. The smallest absolute Gasteiger partial charge is 0.326 e. The third-order valence-electron chi connectivity index (χ3n) is 2.27. The van der Waals surface area contributed by atoms with Crippen molar-refractivity contribution in [1.82, 2.24) is 10.5 Å². The molecule has 88 valence electrons. The first-order valence-electron chi connectivity index (χ1n) is 4.83. The van der Waals surface area contributed by atoms with Crippen molar-refractivity contribution in [3.05, 3.63) is 17.0 Å². The Balaban J connectivity index is 2.83. The second-order valence-electron chi connectivity index (χ2n) is 3.60. The first kappa shape index (κ1) is 12.2. The van der Waals surface area contributed by atoms with E-state index < -0.39 is 12.0 Å². The number of aryl methyl sites for hydroxylation is 2. The Morgan fingerprint density at radius 1 is 1.50 bits per heavy atom. The summed E-state index contributed by atoms with van der Waals surface area (Å²) in [6.07, 6.45) is 0.177. The maximum atomic E-state index is 10.9. The first-order chi connectivity index (χ1) is 7.41. The third-order valence-corrected chi connectivity index (χ3v) is 2.27. The Labute approximate surface area is 92.6 Å². The summed E-state index contributed by atoms with van der Waals surface area (Å²) in [7, 11) is 0. The summed E-state index contributed by atoms with van der Waals surface area (Å²) in [5.41, 5.74) is 1.37. The van der Waals surface area contributed by atoms with Gasteiger partial charge < -0.3 is 14.9 Å². The molecule has 1 rings (SSSR count). The summed E-state index contributed by atoms with van der Waals surface area (Å²) in [6.45, 7) is 4.73. The highest BCUT2D eigenvalue weighted by atomic mass is 16.5. The van der Waals surface area contributed by atoms with Crippen LogP contribution in [-0.2, 0) is 16.0 Å². The maximum absolute atomic E-state index is 10.9. The van der Waals surface area contributed by atoms with Gasteiger partial charge in [0.25, 0.3) is 0 Å². The van der Waals surface area contributed by atoms with Crippen LogP contribution in [0.15, 0.2) is 4.52 Å². The highest BCUT2D eigenvalue weighted by Gasteiger charge is 2.22. The number of rotatable bonds is 4. The second kappa shape index (κ2) is 4.78. The van der Waals surface area contributed by atoms with Crippen molar-refractivity contribution in [1.29, 1.82) is 0 Å². The van der Waals surface area contributed by atoms with E-state index in [0.29, 0.717) is 11.5 Å². The number of carbonyl (C=O) groups is 2. The molecule has 1 amide bonds. The summed E-state index contributed by atoms with van der Waals surface area (Å²) in [5.74, 6) is -0.872. The molecule has 0 aliphatic rings. The number of carboxylic acid groups (broad SMARTS) is 1. The molecule has 0 aromatic carbocycles. The number of nitrogens with zero attached hydrogens (tertiary/aromatic N) is 1. The van der Waals surface area contributed by atoms with Gasteiger partial charge in [0.1, 0.15) is 11.8 Å². The van der Waals surface area contributed by atoms with Crippen LogP contribution in [0.25, 0.3) is 0 Å². The van der Waals surface area contributed by atoms with Crippen LogP contribution in [0.3, 0.4) is 0 Å². The van der Waals surface area contributed by atoms with Crippen molar-refractivity contribution >= 4 is 11.9 Å². The summed E-state index contributed by atoms with van der Waals surface area (Å²) in [4.78, 5) is 21.8. The van der Waals surface area contributed by atoms with Crippen LogP contribution >= 0.6 is 0 Å². The zero-order chi connectivity index (χ0) is 12.3. The summed E-state index contributed by atoms with van der Waals surface area (Å²) in [5, 5.41) is 15.0. The molecule has 0 unspecified atom stereocenters. The topological polar surface area (TPSA) is 92.4 Å². The van der Waals surface area contributed by atoms with Gasteiger partial charge in [-0.25, -0.2) is 4.79 Å². The van der Waals surface area contributed by atoms with Gasteiger partial charge >= 0.3 is 5.97 Å². The minimum atomic E-state index is -1.07. The van der Waals surface area contributed by atoms with E-state index in [1.807, 2.05) is 0 Å². The largest absolute Gasteiger partial charge is 0.480 e. The number of carboxylic acids is 1. The van der Waals surface area contributed by atoms with Crippen LogP contribution in [0.4, 0.5) is 0 Å². The molecule has 6 heteroatoms. The fourth-order valence-corrected chi connectivity index (χ4v) is 1.44. The van der Waals surface area contributed by atoms with Crippen LogP contribution in [-0.4, -0.2) is 28.2 Å². The molecule has 0 saturated heterocycles. The fourth-order valence-electron chi connectivity index (χ4n) is 1.44. The average molecular weight is 226 g/mol. The molecule has 0 saturated carbocycles. The molecule has 1 aromatic heterocycles. The zero-order valence-corrected chi connectivity index (χ0v) is 9.40. The van der Waals surface area contributed by atoms with E-state index in [4.69, 9.17) is 9.63 Å². The average Bonchev–Trinajstić information content (AvgIpc) is 2.47. The molecule has 0 aliphatic carbocycles. The predicted octanol–water partition coefficient (Wildman–Crippen LogP) is 0.423. The monoisotopic (exact) mass is 226 g/mol. The van der Waals surface area contributed by atoms with Crippen molar-refractivity contribution in [3.8, 4) is 0 Å². The van der Waals surface area contributed by atoms with Gasteiger partial charge in [-0.05, 0) is 13.8 Å². The SMILES string of the molecule is CC(=O)N[C@@H](Cc1c(C)noc1C)C(=O)O. The molecular formula is C10H14N2O4. The lowest BCUT2D eigenvalue weighted by Gasteiger charge is -2.12. The lowest BCUT2D eigenvalue weighted by atomic mass is 10.0. The van der Waals surface area contributed by atoms with E-state index in [1.54, 1.807) is 13.8 Å². The molecule has 16 heavy (non-hydrogen) atoms. The number of carbonyl (C=O) groups excluding carboxylic acids is 1. The first-order valence-corrected chi connectivity index (χ1v) is 4.83. The van der Waals surface area contributed by atoms with Crippen LogP contribution in [0.2, 0.25) is 0 Å². The number of nitrogens with one attached hydrogen (secondary N) is 1. The van der Waals surface area contributed by atoms with Crippen molar-refractivity contribution in [2.24, 2.45) is 0 Å². The van der Waals surface area contributed by atoms with Crippen LogP contribution in [0.5, 0.6) is 0 Å². The normalized spacial score (nSPS) is 12.2. The molecule has 2 N–H and O–H groups in total. The van der Waals surface area contributed by atoms with Crippen molar-refractivity contribution in [2.75, 3.05) is 0 Å². The molecule has 0 aliphatic heterocycles. The van der Waals surface area contributed by atoms with Gasteiger partial charge in [0.15, 0.2) is 0 Å². The minimum Gasteiger partial charge on any atom is -0.480 e. The van der Waals surface area contributed by atoms with E-state index in [9.17, 15) is 9.59 Å². The van der Waals surface area contributed by atoms with Crippen molar-refractivity contribution in [2.45, 2.75) is 33.2 Å². The lowest BCUT2D eigenvalue weighted by molar-refractivity contribution is -0.141. The highest BCUT2D eigenvalue weighted by molar-refractivity contribution is 5.82. The standard InChI is InChI=1S/C10H14N2O4/c1-5-8(6(2)16-12-5)4-9(10(14)15)11-7(3)13/h9H,4H2,1-3H3,(H,11,13)(H,14,15)/t9-/m0/s1. The molecular weight excluding hydrogens is 212 g/mol. The quantitative estimate of drug-likeness (QED) is 0.776. The Kier molecular flexibility index (Phi) is 3.65. The Hall–Kier alpha value is -1.85. The van der Waals surface area contributed by atoms with Crippen molar-refractivity contribution in [3.63, 3.8) is 0 Å². The molecule has 1 aromatic rings. The summed E-state index contributed by atoms with van der Waals surface area (Å²) >= 11 is 0. The number of hydrogen-bond donors (Lipinski definition) is 2. The molecule has 0 fully saturated rings. The van der Waals surface area contributed by atoms with Gasteiger partial charge in [-0.15, -0.1) is 0 Å². The Bertz CT molecular complexity index is 391. The molecule has 6 nitrogen and oxygen atoms in total. The van der Waals surface area contributed by atoms with Crippen molar-refractivity contribution < 1.29 is 19.2 Å². The molecule has 0 radical (unpaired) electrons. The predicted molar refractivity (Wildman–Crippen MR) is 54.9 cm³/mol. The van der Waals surface area contributed by atoms with E-state index >= 15 is 0 Å². The summed E-state index contributed by atoms with van der Waals surface area (Å²) in [6, 6.07) is -0.950. The highest BCUT2D eigenvalue weighted by Crippen LogP contribution is 2.14. The van der Waals surface area contributed by atoms with E-state index in [0.717, 1.165) is 5.56 Å². The van der Waals surface area contributed by atoms with Crippen LogP contribution < -0.4 is 5.32 Å². The number of amides is 1. The Morgan fingerprint density at radius 3 is 2.50 bits per heavy atom. The second-order valence-corrected chi connectivity index (χ2v) is 3.60. The zero-order valence-electron chi connectivity index (χ0n) is 9.40. The molecule has 1 heterocycles. The van der Waals surface area contributed by atoms with Gasteiger partial charge in [0.05, 0.1) is 5.69 Å². The van der Waals surface area contributed by atoms with Crippen LogP contribution in [0, 0.1) is 13.8 Å². The van der Waals surface area contributed by atoms with Crippen LogP contribution in [0.1, 0.15) is 23.9 Å². The van der Waals surface area contributed by atoms with Gasteiger partial charge in [0, 0.05) is 18.9 Å². The number of aromatic nitrogens is 1. The third kappa shape index (κ3) is 2.82. The van der Waals surface area contributed by atoms with E-state index in [2.05, 4.69) is 10.5 Å². The molecule has 0 spiro atoms. The van der Waals surface area contributed by atoms with Gasteiger partial charge in [0.2, 0.25) is 5.91 Å². The van der Waals surface area contributed by atoms with E-state index in [1.165, 1.54) is 6.92 Å². The molecule has 1 atom stereocenters. The number of aliphatic carboxylic acids is 1. The minimum absolute atomic E-state index is 0.177. The van der Waals surface area contributed by atoms with Gasteiger partial charge in [-0.3, -0.25) is 4.79 Å². The van der Waals surface area contributed by atoms with E-state index in [-0.39, 0.29) is 12.3 Å². The molecule has 0 bridgehead atoms. The number of hydrogen-bond acceptors (Lipinski definition) is 4. The fraction of sp³-hybridized carbons (Fsp3) is 0.500. The summed E-state index contributed by atoms with van der Waals surface area (Å²) < 4.78 is 4.93. The lowest BCUT2D eigenvalue weighted by Crippen LogP contribution is -2.41. The maximum Gasteiger partial charge on any atom is 0.326 e. The van der Waals surface area contributed by atoms with Gasteiger partial charge in [-0.1, -0.05) is 5.16 Å².